The fraction of sp³-hybridized carbons (Fsp3) is 0.579. The van der Waals surface area contributed by atoms with Gasteiger partial charge in [-0.05, 0) is 38.2 Å². The molecule has 0 atom stereocenters. The summed E-state index contributed by atoms with van der Waals surface area (Å²) in [5, 5.41) is 0. The Labute approximate surface area is 143 Å². The number of hydrogen-bond donors (Lipinski definition) is 0. The van der Waals surface area contributed by atoms with Crippen LogP contribution in [0.3, 0.4) is 0 Å². The third-order valence-corrected chi connectivity index (χ3v) is 4.52. The second kappa shape index (κ2) is 8.83. The first kappa shape index (κ1) is 18.5. The maximum atomic E-state index is 12.7. The van der Waals surface area contributed by atoms with Gasteiger partial charge in [0.25, 0.3) is 0 Å². The van der Waals surface area contributed by atoms with E-state index in [2.05, 4.69) is 0 Å². The van der Waals surface area contributed by atoms with Crippen molar-refractivity contribution in [3.05, 3.63) is 35.9 Å². The van der Waals surface area contributed by atoms with Crippen LogP contribution < -0.4 is 0 Å². The van der Waals surface area contributed by atoms with Crippen molar-refractivity contribution >= 4 is 11.9 Å². The van der Waals surface area contributed by atoms with Crippen molar-refractivity contribution in [1.82, 2.24) is 0 Å². The van der Waals surface area contributed by atoms with E-state index in [1.807, 2.05) is 30.3 Å². The third-order valence-electron chi connectivity index (χ3n) is 4.52. The lowest BCUT2D eigenvalue weighted by Gasteiger charge is -2.40. The SMILES string of the molecule is CCOC(=O)C(COCc1ccccc1)(C(=O)OCC)C1CCC1. The minimum atomic E-state index is -1.35. The Bertz CT molecular complexity index is 518. The smallest absolute Gasteiger partial charge is 0.326 e. The molecule has 1 aliphatic rings. The summed E-state index contributed by atoms with van der Waals surface area (Å²) in [6.07, 6.45) is 2.63. The normalized spacial score (nSPS) is 14.8. The third kappa shape index (κ3) is 3.96. The Morgan fingerprint density at radius 1 is 1.04 bits per heavy atom. The van der Waals surface area contributed by atoms with E-state index in [1.54, 1.807) is 13.8 Å². The molecule has 0 aliphatic heterocycles. The minimum absolute atomic E-state index is 0.00969. The minimum Gasteiger partial charge on any atom is -0.465 e. The number of ether oxygens (including phenoxy) is 3. The van der Waals surface area contributed by atoms with Gasteiger partial charge in [-0.3, -0.25) is 9.59 Å². The molecule has 0 amide bonds. The molecule has 0 unspecified atom stereocenters. The van der Waals surface area contributed by atoms with E-state index in [1.165, 1.54) is 0 Å². The van der Waals surface area contributed by atoms with Crippen LogP contribution in [0.4, 0.5) is 0 Å². The summed E-state index contributed by atoms with van der Waals surface area (Å²) in [4.78, 5) is 25.3. The maximum Gasteiger partial charge on any atom is 0.326 e. The van der Waals surface area contributed by atoms with Crippen LogP contribution in [0.5, 0.6) is 0 Å². The molecule has 0 bridgehead atoms. The summed E-state index contributed by atoms with van der Waals surface area (Å²) in [5.74, 6) is -1.13. The van der Waals surface area contributed by atoms with E-state index in [0.29, 0.717) is 6.61 Å². The molecule has 1 fully saturated rings. The molecule has 0 heterocycles. The number of carbonyl (C=O) groups is 2. The number of hydrogen-bond acceptors (Lipinski definition) is 5. The summed E-state index contributed by atoms with van der Waals surface area (Å²) in [7, 11) is 0. The number of carbonyl (C=O) groups excluding carboxylic acids is 2. The van der Waals surface area contributed by atoms with Gasteiger partial charge in [0, 0.05) is 0 Å². The van der Waals surface area contributed by atoms with Gasteiger partial charge in [0.15, 0.2) is 5.41 Å². The Kier molecular flexibility index (Phi) is 6.79. The highest BCUT2D eigenvalue weighted by Crippen LogP contribution is 2.44. The van der Waals surface area contributed by atoms with E-state index in [-0.39, 0.29) is 25.7 Å². The molecular formula is C19H26O5. The molecule has 132 valence electrons. The van der Waals surface area contributed by atoms with Gasteiger partial charge in [0.05, 0.1) is 26.4 Å². The maximum absolute atomic E-state index is 12.7. The van der Waals surface area contributed by atoms with Gasteiger partial charge in [-0.1, -0.05) is 36.8 Å². The highest BCUT2D eigenvalue weighted by atomic mass is 16.6. The predicted molar refractivity (Wildman–Crippen MR) is 89.1 cm³/mol. The van der Waals surface area contributed by atoms with Crippen molar-refractivity contribution in [2.45, 2.75) is 39.7 Å². The van der Waals surface area contributed by atoms with Crippen molar-refractivity contribution in [3.8, 4) is 0 Å². The molecule has 1 aliphatic carbocycles. The summed E-state index contributed by atoms with van der Waals surface area (Å²) < 4.78 is 16.2. The lowest BCUT2D eigenvalue weighted by atomic mass is 9.65. The van der Waals surface area contributed by atoms with E-state index in [9.17, 15) is 9.59 Å². The quantitative estimate of drug-likeness (QED) is 0.513. The van der Waals surface area contributed by atoms with Gasteiger partial charge in [0.2, 0.25) is 0 Å². The lowest BCUT2D eigenvalue weighted by molar-refractivity contribution is -0.186. The topological polar surface area (TPSA) is 61.8 Å². The number of benzene rings is 1. The molecule has 0 spiro atoms. The molecule has 2 rings (SSSR count). The Balaban J connectivity index is 2.15. The zero-order valence-corrected chi connectivity index (χ0v) is 14.5. The largest absolute Gasteiger partial charge is 0.465 e. The molecule has 1 saturated carbocycles. The zero-order chi connectivity index (χ0) is 17.4. The zero-order valence-electron chi connectivity index (χ0n) is 14.5. The Hall–Kier alpha value is -1.88. The van der Waals surface area contributed by atoms with Crippen LogP contribution in [0.15, 0.2) is 30.3 Å². The van der Waals surface area contributed by atoms with Crippen molar-refractivity contribution in [3.63, 3.8) is 0 Å². The number of esters is 2. The van der Waals surface area contributed by atoms with Crippen LogP contribution in [0.1, 0.15) is 38.7 Å². The van der Waals surface area contributed by atoms with Crippen LogP contribution in [0, 0.1) is 11.3 Å². The number of rotatable bonds is 9. The van der Waals surface area contributed by atoms with Gasteiger partial charge in [-0.2, -0.15) is 0 Å². The van der Waals surface area contributed by atoms with E-state index in [0.717, 1.165) is 24.8 Å². The first-order valence-corrected chi connectivity index (χ1v) is 8.61. The summed E-state index contributed by atoms with van der Waals surface area (Å²) in [5.41, 5.74) is -0.355. The highest BCUT2D eigenvalue weighted by Gasteiger charge is 2.56. The molecule has 5 heteroatoms. The second-order valence-electron chi connectivity index (χ2n) is 6.02. The van der Waals surface area contributed by atoms with Crippen LogP contribution >= 0.6 is 0 Å². The molecule has 1 aromatic carbocycles. The van der Waals surface area contributed by atoms with Crippen molar-refractivity contribution in [1.29, 1.82) is 0 Å². The van der Waals surface area contributed by atoms with Crippen LogP contribution in [0.25, 0.3) is 0 Å². The first-order chi connectivity index (χ1) is 11.6. The molecular weight excluding hydrogens is 308 g/mol. The van der Waals surface area contributed by atoms with Gasteiger partial charge >= 0.3 is 11.9 Å². The van der Waals surface area contributed by atoms with Gasteiger partial charge < -0.3 is 14.2 Å². The summed E-state index contributed by atoms with van der Waals surface area (Å²) >= 11 is 0. The monoisotopic (exact) mass is 334 g/mol. The molecule has 0 aromatic heterocycles. The Morgan fingerprint density at radius 3 is 2.08 bits per heavy atom. The standard InChI is InChI=1S/C19H26O5/c1-3-23-17(20)19(16-11-8-12-16,18(21)24-4-2)14-22-13-15-9-6-5-7-10-15/h5-7,9-10,16H,3-4,8,11-14H2,1-2H3. The average molecular weight is 334 g/mol. The molecule has 1 aromatic rings. The molecule has 5 nitrogen and oxygen atoms in total. The van der Waals surface area contributed by atoms with Gasteiger partial charge in [-0.25, -0.2) is 0 Å². The first-order valence-electron chi connectivity index (χ1n) is 8.61. The van der Waals surface area contributed by atoms with E-state index >= 15 is 0 Å². The Morgan fingerprint density at radius 2 is 1.62 bits per heavy atom. The van der Waals surface area contributed by atoms with Crippen LogP contribution in [-0.2, 0) is 30.4 Å². The van der Waals surface area contributed by atoms with E-state index in [4.69, 9.17) is 14.2 Å². The van der Waals surface area contributed by atoms with Crippen molar-refractivity contribution in [2.75, 3.05) is 19.8 Å². The van der Waals surface area contributed by atoms with Crippen LogP contribution in [0.2, 0.25) is 0 Å². The van der Waals surface area contributed by atoms with E-state index < -0.39 is 17.4 Å². The van der Waals surface area contributed by atoms with Gasteiger partial charge in [-0.15, -0.1) is 0 Å². The lowest BCUT2D eigenvalue weighted by Crippen LogP contribution is -2.53. The molecule has 0 radical (unpaired) electrons. The molecule has 0 N–H and O–H groups in total. The highest BCUT2D eigenvalue weighted by molar-refractivity contribution is 6.00. The van der Waals surface area contributed by atoms with Crippen LogP contribution in [-0.4, -0.2) is 31.8 Å². The average Bonchev–Trinajstić information content (AvgIpc) is 2.53. The molecule has 24 heavy (non-hydrogen) atoms. The summed E-state index contributed by atoms with van der Waals surface area (Å²) in [6, 6.07) is 9.67. The van der Waals surface area contributed by atoms with Gasteiger partial charge in [0.1, 0.15) is 0 Å². The second-order valence-corrected chi connectivity index (χ2v) is 6.02. The summed E-state index contributed by atoms with van der Waals surface area (Å²) in [6.45, 7) is 4.26. The van der Waals surface area contributed by atoms with Crippen molar-refractivity contribution in [2.24, 2.45) is 11.3 Å². The fourth-order valence-electron chi connectivity index (χ4n) is 2.98. The molecule has 0 saturated heterocycles. The fourth-order valence-corrected chi connectivity index (χ4v) is 2.98. The van der Waals surface area contributed by atoms with Crippen molar-refractivity contribution < 1.29 is 23.8 Å². The predicted octanol–water partition coefficient (Wildman–Crippen LogP) is 3.12.